The highest BCUT2D eigenvalue weighted by atomic mass is 14.4. The monoisotopic (exact) mass is 690 g/mol. The van der Waals surface area contributed by atoms with Gasteiger partial charge in [0, 0.05) is 5.41 Å². The molecule has 11 rings (SSSR count). The minimum Gasteiger partial charge on any atom is -0.0616 e. The Morgan fingerprint density at radius 3 is 1.61 bits per heavy atom. The molecule has 0 aliphatic heterocycles. The van der Waals surface area contributed by atoms with Gasteiger partial charge in [-0.15, -0.1) is 0 Å². The van der Waals surface area contributed by atoms with Gasteiger partial charge in [-0.25, -0.2) is 0 Å². The number of hydrogen-bond acceptors (Lipinski definition) is 0. The third kappa shape index (κ3) is 4.32. The van der Waals surface area contributed by atoms with Crippen molar-refractivity contribution in [2.45, 2.75) is 52.4 Å². The number of benzene rings is 10. The molecule has 1 aliphatic carbocycles. The maximum absolute atomic E-state index is 2.50. The van der Waals surface area contributed by atoms with Crippen LogP contribution in [0.5, 0.6) is 0 Å². The second kappa shape index (κ2) is 10.8. The third-order valence-electron chi connectivity index (χ3n) is 12.7. The van der Waals surface area contributed by atoms with E-state index in [4.69, 9.17) is 0 Å². The molecule has 0 unspecified atom stereocenters. The zero-order chi connectivity index (χ0) is 36.7. The Morgan fingerprint density at radius 2 is 0.926 bits per heavy atom. The summed E-state index contributed by atoms with van der Waals surface area (Å²) in [5.41, 5.74) is 13.3. The van der Waals surface area contributed by atoms with E-state index in [-0.39, 0.29) is 10.8 Å². The van der Waals surface area contributed by atoms with Gasteiger partial charge < -0.3 is 0 Å². The molecule has 0 heterocycles. The summed E-state index contributed by atoms with van der Waals surface area (Å²) < 4.78 is 0. The van der Waals surface area contributed by atoms with Gasteiger partial charge in [-0.2, -0.15) is 0 Å². The van der Waals surface area contributed by atoms with Crippen LogP contribution in [0.1, 0.15) is 56.9 Å². The van der Waals surface area contributed by atoms with Crippen LogP contribution in [0.15, 0.2) is 146 Å². The highest BCUT2D eigenvalue weighted by molar-refractivity contribution is 6.27. The van der Waals surface area contributed by atoms with Crippen LogP contribution < -0.4 is 0 Å². The van der Waals surface area contributed by atoms with Crippen molar-refractivity contribution in [3.8, 4) is 33.4 Å². The van der Waals surface area contributed by atoms with E-state index >= 15 is 0 Å². The van der Waals surface area contributed by atoms with Crippen molar-refractivity contribution in [2.24, 2.45) is 0 Å². The van der Waals surface area contributed by atoms with Crippen molar-refractivity contribution in [3.05, 3.63) is 168 Å². The van der Waals surface area contributed by atoms with Crippen LogP contribution >= 0.6 is 0 Å². The predicted molar refractivity (Wildman–Crippen MR) is 235 cm³/mol. The van der Waals surface area contributed by atoms with Gasteiger partial charge in [-0.1, -0.05) is 156 Å². The van der Waals surface area contributed by atoms with Crippen LogP contribution in [0, 0.1) is 6.92 Å². The van der Waals surface area contributed by atoms with Crippen LogP contribution in [0.25, 0.3) is 98.0 Å². The van der Waals surface area contributed by atoms with E-state index in [2.05, 4.69) is 187 Å². The fraction of sp³-hybridized carbons (Fsp3) is 0.148. The smallest absolute Gasteiger partial charge is 0.0159 e. The normalized spacial score (nSPS) is 13.9. The lowest BCUT2D eigenvalue weighted by Crippen LogP contribution is -2.15. The molecule has 0 amide bonds. The first kappa shape index (κ1) is 31.5. The first-order valence-corrected chi connectivity index (χ1v) is 19.4. The van der Waals surface area contributed by atoms with Gasteiger partial charge >= 0.3 is 0 Å². The molecule has 0 radical (unpaired) electrons. The zero-order valence-corrected chi connectivity index (χ0v) is 31.9. The maximum Gasteiger partial charge on any atom is 0.0159 e. The SMILES string of the molecule is Cc1cc(-c2ccc3c(c2)C(C)(C)c2cc4c5ccccc5c5ccccc5c4cc2-3)cc(-c2ccc3ccc4c(C(C)(C)C)ccc5ccc2c3c54)c1. The average Bonchev–Trinajstić information content (AvgIpc) is 3.40. The fourth-order valence-electron chi connectivity index (χ4n) is 10.1. The lowest BCUT2D eigenvalue weighted by molar-refractivity contribution is 0.596. The molecule has 0 atom stereocenters. The molecule has 0 aromatic heterocycles. The number of rotatable bonds is 2. The van der Waals surface area contributed by atoms with E-state index in [1.165, 1.54) is 120 Å². The molecule has 10 aromatic carbocycles. The Morgan fingerprint density at radius 1 is 0.389 bits per heavy atom. The minimum absolute atomic E-state index is 0.0681. The summed E-state index contributed by atoms with van der Waals surface area (Å²) in [6.07, 6.45) is 0. The van der Waals surface area contributed by atoms with Gasteiger partial charge in [0.15, 0.2) is 0 Å². The van der Waals surface area contributed by atoms with E-state index in [1.807, 2.05) is 0 Å². The average molecular weight is 691 g/mol. The van der Waals surface area contributed by atoms with Gasteiger partial charge in [-0.05, 0) is 157 Å². The summed E-state index contributed by atoms with van der Waals surface area (Å²) >= 11 is 0. The van der Waals surface area contributed by atoms with Gasteiger partial charge in [0.1, 0.15) is 0 Å². The lowest BCUT2D eigenvalue weighted by Gasteiger charge is -2.24. The molecule has 0 spiro atoms. The van der Waals surface area contributed by atoms with Crippen LogP contribution in [0.3, 0.4) is 0 Å². The van der Waals surface area contributed by atoms with Gasteiger partial charge in [-0.3, -0.25) is 0 Å². The largest absolute Gasteiger partial charge is 0.0616 e. The molecule has 0 fully saturated rings. The Hall–Kier alpha value is -5.98. The lowest BCUT2D eigenvalue weighted by atomic mass is 9.80. The molecular weight excluding hydrogens is 649 g/mol. The molecular formula is C54H42. The summed E-state index contributed by atoms with van der Waals surface area (Å²) in [7, 11) is 0. The molecule has 0 bridgehead atoms. The topological polar surface area (TPSA) is 0 Å². The predicted octanol–water partition coefficient (Wildman–Crippen LogP) is 15.3. The number of aryl methyl sites for hydroxylation is 1. The maximum atomic E-state index is 2.50. The van der Waals surface area contributed by atoms with Crippen molar-refractivity contribution < 1.29 is 0 Å². The standard InChI is InChI=1S/C54H42/c1-31-25-35(27-36(26-31)37-20-15-32-17-23-44-48(53(2,3)4)24-19-33-16-22-43(37)51(32)52(33)44)34-18-21-42-47-29-45-40-13-9-7-11-38(40)39-12-8-10-14-41(39)46(45)30-50(47)54(5,6)49(42)28-34/h7-30H,1-6H3. The second-order valence-electron chi connectivity index (χ2n) is 17.4. The van der Waals surface area contributed by atoms with Crippen LogP contribution in [-0.4, -0.2) is 0 Å². The first-order valence-electron chi connectivity index (χ1n) is 19.4. The van der Waals surface area contributed by atoms with Crippen molar-refractivity contribution in [1.82, 2.24) is 0 Å². The molecule has 1 aliphatic rings. The number of hydrogen-bond donors (Lipinski definition) is 0. The summed E-state index contributed by atoms with van der Waals surface area (Å²) in [4.78, 5) is 0. The molecule has 0 saturated heterocycles. The van der Waals surface area contributed by atoms with Crippen molar-refractivity contribution in [3.63, 3.8) is 0 Å². The molecule has 54 heavy (non-hydrogen) atoms. The zero-order valence-electron chi connectivity index (χ0n) is 31.9. The van der Waals surface area contributed by atoms with E-state index in [0.29, 0.717) is 0 Å². The summed E-state index contributed by atoms with van der Waals surface area (Å²) in [6.45, 7) is 14.0. The van der Waals surface area contributed by atoms with Crippen molar-refractivity contribution in [2.75, 3.05) is 0 Å². The van der Waals surface area contributed by atoms with E-state index in [0.717, 1.165) is 0 Å². The molecule has 0 N–H and O–H groups in total. The van der Waals surface area contributed by atoms with Crippen LogP contribution in [-0.2, 0) is 10.8 Å². The van der Waals surface area contributed by atoms with Gasteiger partial charge in [0.05, 0.1) is 0 Å². The molecule has 0 heteroatoms. The van der Waals surface area contributed by atoms with Gasteiger partial charge in [0.25, 0.3) is 0 Å². The Labute approximate surface area is 317 Å². The Bertz CT molecular complexity index is 3220. The highest BCUT2D eigenvalue weighted by Gasteiger charge is 2.36. The quantitative estimate of drug-likeness (QED) is 0.158. The summed E-state index contributed by atoms with van der Waals surface area (Å²) in [6, 6.07) is 55.8. The van der Waals surface area contributed by atoms with Crippen LogP contribution in [0.4, 0.5) is 0 Å². The fourth-order valence-corrected chi connectivity index (χ4v) is 10.1. The summed E-state index contributed by atoms with van der Waals surface area (Å²) in [5, 5.41) is 16.1. The van der Waals surface area contributed by atoms with Crippen molar-refractivity contribution in [1.29, 1.82) is 0 Å². The third-order valence-corrected chi connectivity index (χ3v) is 12.7. The highest BCUT2D eigenvalue weighted by Crippen LogP contribution is 2.52. The van der Waals surface area contributed by atoms with E-state index < -0.39 is 0 Å². The van der Waals surface area contributed by atoms with E-state index in [9.17, 15) is 0 Å². The molecule has 0 saturated carbocycles. The molecule has 10 aromatic rings. The van der Waals surface area contributed by atoms with Crippen LogP contribution in [0.2, 0.25) is 0 Å². The summed E-state index contributed by atoms with van der Waals surface area (Å²) in [5.74, 6) is 0. The first-order chi connectivity index (χ1) is 26.1. The molecule has 0 nitrogen and oxygen atoms in total. The van der Waals surface area contributed by atoms with Crippen molar-refractivity contribution >= 4 is 64.6 Å². The van der Waals surface area contributed by atoms with Gasteiger partial charge in [0.2, 0.25) is 0 Å². The minimum atomic E-state index is -0.133. The Kier molecular flexibility index (Phi) is 6.31. The van der Waals surface area contributed by atoms with E-state index in [1.54, 1.807) is 0 Å². The molecule has 258 valence electrons. The number of fused-ring (bicyclic) bond motifs is 9. The Balaban J connectivity index is 1.07. The second-order valence-corrected chi connectivity index (χ2v) is 17.4.